The largest absolute Gasteiger partial charge is 0.368 e. The number of nitrogens with two attached hydrogens (primary N) is 1. The van der Waals surface area contributed by atoms with Gasteiger partial charge in [0.15, 0.2) is 0 Å². The van der Waals surface area contributed by atoms with E-state index in [-0.39, 0.29) is 11.5 Å². The number of hydrogen-bond donors (Lipinski definition) is 2. The number of anilines is 1. The predicted octanol–water partition coefficient (Wildman–Crippen LogP) is 1.43. The Hall–Kier alpha value is -1.85. The number of H-pyrrole nitrogens is 1. The van der Waals surface area contributed by atoms with Crippen molar-refractivity contribution in [3.05, 3.63) is 21.6 Å². The smallest absolute Gasteiger partial charge is 0.277 e. The number of aromatic nitrogens is 4. The Morgan fingerprint density at radius 1 is 1.28 bits per heavy atom. The minimum Gasteiger partial charge on any atom is -0.368 e. The van der Waals surface area contributed by atoms with E-state index >= 15 is 0 Å². The van der Waals surface area contributed by atoms with E-state index in [2.05, 4.69) is 22.0 Å². The molecule has 0 aliphatic rings. The maximum absolute atomic E-state index is 12.2. The molecular formula is C12H19N5O. The molecule has 0 bridgehead atoms. The molecule has 0 aliphatic heterocycles. The van der Waals surface area contributed by atoms with Crippen LogP contribution in [0.4, 0.5) is 5.95 Å². The van der Waals surface area contributed by atoms with Gasteiger partial charge in [0.05, 0.1) is 5.69 Å². The van der Waals surface area contributed by atoms with E-state index in [1.165, 1.54) is 17.4 Å². The van der Waals surface area contributed by atoms with Crippen molar-refractivity contribution < 1.29 is 0 Å². The monoisotopic (exact) mass is 249 g/mol. The van der Waals surface area contributed by atoms with Crippen LogP contribution in [0.1, 0.15) is 43.9 Å². The number of nitrogen functional groups attached to an aromatic ring is 1. The van der Waals surface area contributed by atoms with Crippen LogP contribution in [-0.2, 0) is 6.42 Å². The summed E-state index contributed by atoms with van der Waals surface area (Å²) in [4.78, 5) is 20.5. The molecule has 3 N–H and O–H groups in total. The number of hydrogen-bond acceptors (Lipinski definition) is 4. The van der Waals surface area contributed by atoms with Crippen LogP contribution in [0.15, 0.2) is 4.79 Å². The SMILES string of the molecule is CCCCCCc1c(C)nc2nc(N)[nH]n2c1=O. The molecule has 98 valence electrons. The van der Waals surface area contributed by atoms with E-state index in [1.54, 1.807) is 0 Å². The zero-order valence-corrected chi connectivity index (χ0v) is 10.9. The lowest BCUT2D eigenvalue weighted by Gasteiger charge is -2.04. The molecule has 0 saturated heterocycles. The zero-order valence-electron chi connectivity index (χ0n) is 10.9. The molecule has 2 aromatic rings. The molecule has 0 unspecified atom stereocenters. The van der Waals surface area contributed by atoms with E-state index in [1.807, 2.05) is 6.92 Å². The Labute approximate surface area is 105 Å². The number of nitrogens with one attached hydrogen (secondary N) is 1. The third kappa shape index (κ3) is 2.37. The maximum Gasteiger partial charge on any atom is 0.277 e. The van der Waals surface area contributed by atoms with Gasteiger partial charge in [-0.1, -0.05) is 26.2 Å². The average molecular weight is 249 g/mol. The van der Waals surface area contributed by atoms with Gasteiger partial charge in [0.25, 0.3) is 11.3 Å². The molecule has 18 heavy (non-hydrogen) atoms. The van der Waals surface area contributed by atoms with E-state index in [0.717, 1.165) is 30.5 Å². The fourth-order valence-corrected chi connectivity index (χ4v) is 2.09. The zero-order chi connectivity index (χ0) is 13.1. The van der Waals surface area contributed by atoms with Gasteiger partial charge in [0, 0.05) is 5.56 Å². The number of unbranched alkanes of at least 4 members (excludes halogenated alkanes) is 3. The highest BCUT2D eigenvalue weighted by atomic mass is 16.1. The summed E-state index contributed by atoms with van der Waals surface area (Å²) in [5.41, 5.74) is 6.96. The summed E-state index contributed by atoms with van der Waals surface area (Å²) < 4.78 is 1.32. The van der Waals surface area contributed by atoms with Crippen molar-refractivity contribution in [1.29, 1.82) is 0 Å². The molecule has 0 spiro atoms. The van der Waals surface area contributed by atoms with Crippen molar-refractivity contribution in [2.75, 3.05) is 5.73 Å². The minimum atomic E-state index is -0.0850. The highest BCUT2D eigenvalue weighted by Gasteiger charge is 2.11. The number of nitrogens with zero attached hydrogens (tertiary/aromatic N) is 3. The molecule has 0 saturated carbocycles. The second-order valence-electron chi connectivity index (χ2n) is 4.54. The van der Waals surface area contributed by atoms with Crippen LogP contribution < -0.4 is 11.3 Å². The molecule has 2 rings (SSSR count). The lowest BCUT2D eigenvalue weighted by atomic mass is 10.1. The maximum atomic E-state index is 12.2. The Morgan fingerprint density at radius 2 is 2.06 bits per heavy atom. The summed E-state index contributed by atoms with van der Waals surface area (Å²) in [7, 11) is 0. The fraction of sp³-hybridized carbons (Fsp3) is 0.583. The molecule has 0 atom stereocenters. The molecule has 0 fully saturated rings. The Balaban J connectivity index is 2.29. The van der Waals surface area contributed by atoms with Crippen LogP contribution in [0.3, 0.4) is 0 Å². The Bertz CT molecular complexity index is 598. The second kappa shape index (κ2) is 5.20. The standard InChI is InChI=1S/C12H19N5O/c1-3-4-5-6-7-9-8(2)14-12-15-11(13)16-17(12)10(9)18/h3-7H2,1-2H3,(H3,13,14,15,16). The molecule has 6 heteroatoms. The predicted molar refractivity (Wildman–Crippen MR) is 70.6 cm³/mol. The summed E-state index contributed by atoms with van der Waals surface area (Å²) in [5.74, 6) is 0.550. The molecule has 2 aromatic heterocycles. The molecular weight excluding hydrogens is 230 g/mol. The van der Waals surface area contributed by atoms with Gasteiger partial charge in [-0.05, 0) is 19.8 Å². The lowest BCUT2D eigenvalue weighted by molar-refractivity contribution is 0.658. The normalized spacial score (nSPS) is 11.2. The van der Waals surface area contributed by atoms with Crippen molar-refractivity contribution in [2.45, 2.75) is 46.0 Å². The number of rotatable bonds is 5. The van der Waals surface area contributed by atoms with Crippen LogP contribution in [0.5, 0.6) is 0 Å². The van der Waals surface area contributed by atoms with Gasteiger partial charge in [0.1, 0.15) is 0 Å². The average Bonchev–Trinajstić information content (AvgIpc) is 2.69. The summed E-state index contributed by atoms with van der Waals surface area (Å²) in [6.07, 6.45) is 5.31. The van der Waals surface area contributed by atoms with Gasteiger partial charge >= 0.3 is 0 Å². The van der Waals surface area contributed by atoms with Crippen LogP contribution in [-0.4, -0.2) is 19.6 Å². The lowest BCUT2D eigenvalue weighted by Crippen LogP contribution is -2.22. The van der Waals surface area contributed by atoms with Crippen LogP contribution in [0.25, 0.3) is 5.78 Å². The van der Waals surface area contributed by atoms with Gasteiger partial charge in [-0.25, -0.2) is 4.98 Å². The fourth-order valence-electron chi connectivity index (χ4n) is 2.09. The van der Waals surface area contributed by atoms with Gasteiger partial charge in [-0.2, -0.15) is 9.50 Å². The van der Waals surface area contributed by atoms with Crippen molar-refractivity contribution in [3.63, 3.8) is 0 Å². The van der Waals surface area contributed by atoms with Gasteiger partial charge < -0.3 is 5.73 Å². The first-order chi connectivity index (χ1) is 8.63. The second-order valence-corrected chi connectivity index (χ2v) is 4.54. The van der Waals surface area contributed by atoms with E-state index < -0.39 is 0 Å². The molecule has 0 aromatic carbocycles. The van der Waals surface area contributed by atoms with E-state index in [4.69, 9.17) is 5.73 Å². The van der Waals surface area contributed by atoms with Crippen LogP contribution in [0, 0.1) is 6.92 Å². The first-order valence-electron chi connectivity index (χ1n) is 6.37. The van der Waals surface area contributed by atoms with Gasteiger partial charge in [0.2, 0.25) is 5.95 Å². The van der Waals surface area contributed by atoms with Crippen LogP contribution >= 0.6 is 0 Å². The van der Waals surface area contributed by atoms with Gasteiger partial charge in [-0.15, -0.1) is 0 Å². The van der Waals surface area contributed by atoms with Crippen molar-refractivity contribution in [3.8, 4) is 0 Å². The molecule has 0 radical (unpaired) electrons. The third-order valence-corrected chi connectivity index (χ3v) is 3.09. The Kier molecular flexibility index (Phi) is 3.64. The molecule has 0 aliphatic carbocycles. The summed E-state index contributed by atoms with van der Waals surface area (Å²) in [6, 6.07) is 0. The molecule has 6 nitrogen and oxygen atoms in total. The van der Waals surface area contributed by atoms with Gasteiger partial charge in [-0.3, -0.25) is 9.89 Å². The number of aryl methyl sites for hydroxylation is 1. The number of aromatic amines is 1. The molecule has 2 heterocycles. The summed E-state index contributed by atoms with van der Waals surface area (Å²) in [6.45, 7) is 4.02. The highest BCUT2D eigenvalue weighted by Crippen LogP contribution is 2.08. The quantitative estimate of drug-likeness (QED) is 0.784. The Morgan fingerprint density at radius 3 is 2.78 bits per heavy atom. The van der Waals surface area contributed by atoms with E-state index in [9.17, 15) is 4.79 Å². The summed E-state index contributed by atoms with van der Waals surface area (Å²) >= 11 is 0. The number of fused-ring (bicyclic) bond motifs is 1. The van der Waals surface area contributed by atoms with Crippen LogP contribution in [0.2, 0.25) is 0 Å². The third-order valence-electron chi connectivity index (χ3n) is 3.09. The molecule has 0 amide bonds. The first kappa shape index (κ1) is 12.6. The highest BCUT2D eigenvalue weighted by molar-refractivity contribution is 5.36. The summed E-state index contributed by atoms with van der Waals surface area (Å²) in [5, 5.41) is 2.70. The van der Waals surface area contributed by atoms with Crippen molar-refractivity contribution in [2.24, 2.45) is 0 Å². The topological polar surface area (TPSA) is 89.1 Å². The van der Waals surface area contributed by atoms with Crippen molar-refractivity contribution >= 4 is 11.7 Å². The first-order valence-corrected chi connectivity index (χ1v) is 6.37. The van der Waals surface area contributed by atoms with Crippen molar-refractivity contribution in [1.82, 2.24) is 19.6 Å². The minimum absolute atomic E-state index is 0.0850. The van der Waals surface area contributed by atoms with E-state index in [0.29, 0.717) is 5.78 Å².